The van der Waals surface area contributed by atoms with Crippen LogP contribution in [0.5, 0.6) is 0 Å². The van der Waals surface area contributed by atoms with E-state index in [1.807, 2.05) is 13.8 Å². The third-order valence-corrected chi connectivity index (χ3v) is 4.16. The molecule has 0 bridgehead atoms. The van der Waals surface area contributed by atoms with Gasteiger partial charge in [-0.3, -0.25) is 0 Å². The highest BCUT2D eigenvalue weighted by Gasteiger charge is 2.37. The molecule has 0 saturated heterocycles. The van der Waals surface area contributed by atoms with Crippen molar-refractivity contribution in [1.82, 2.24) is 0 Å². The summed E-state index contributed by atoms with van der Waals surface area (Å²) in [5.74, 6) is 0. The van der Waals surface area contributed by atoms with Gasteiger partial charge >= 0.3 is 0 Å². The lowest BCUT2D eigenvalue weighted by atomic mass is 9.72. The number of benzene rings is 1. The molecule has 1 fully saturated rings. The maximum Gasteiger partial charge on any atom is -0.0216 e. The fourth-order valence-electron chi connectivity index (χ4n) is 3.43. The monoisotopic (exact) mass is 216 g/mol. The van der Waals surface area contributed by atoms with Crippen LogP contribution in [0.15, 0.2) is 24.3 Å². The minimum Gasteiger partial charge on any atom is -0.0683 e. The summed E-state index contributed by atoms with van der Waals surface area (Å²) in [7, 11) is 0. The molecule has 0 N–H and O–H groups in total. The molecule has 1 aromatic rings. The molecular formula is C16H24. The van der Waals surface area contributed by atoms with Crippen molar-refractivity contribution >= 4 is 0 Å². The van der Waals surface area contributed by atoms with Crippen molar-refractivity contribution in [1.29, 1.82) is 0 Å². The van der Waals surface area contributed by atoms with Crippen molar-refractivity contribution in [3.8, 4) is 0 Å². The zero-order chi connectivity index (χ0) is 11.4. The average molecular weight is 216 g/mol. The fraction of sp³-hybridized carbons (Fsp3) is 0.625. The van der Waals surface area contributed by atoms with Crippen LogP contribution in [0.2, 0.25) is 0 Å². The molecule has 1 saturated carbocycles. The molecule has 0 unspecified atom stereocenters. The van der Waals surface area contributed by atoms with Gasteiger partial charge in [0.2, 0.25) is 0 Å². The first-order valence-corrected chi connectivity index (χ1v) is 6.95. The molecule has 1 aromatic carbocycles. The SMILES string of the molecule is CC.c1ccc2c(c1)CC1(CCCCC1)C2. The van der Waals surface area contributed by atoms with E-state index >= 15 is 0 Å². The summed E-state index contributed by atoms with van der Waals surface area (Å²) in [5.41, 5.74) is 3.95. The second kappa shape index (κ2) is 5.03. The largest absolute Gasteiger partial charge is 0.0683 e. The van der Waals surface area contributed by atoms with E-state index < -0.39 is 0 Å². The maximum absolute atomic E-state index is 2.33. The third-order valence-electron chi connectivity index (χ3n) is 4.16. The van der Waals surface area contributed by atoms with Crippen LogP contribution in [0.25, 0.3) is 0 Å². The van der Waals surface area contributed by atoms with E-state index in [0.717, 1.165) is 0 Å². The fourth-order valence-corrected chi connectivity index (χ4v) is 3.43. The van der Waals surface area contributed by atoms with E-state index in [0.29, 0.717) is 5.41 Å². The Kier molecular flexibility index (Phi) is 3.68. The predicted octanol–water partition coefficient (Wildman–Crippen LogP) is 4.76. The third kappa shape index (κ3) is 2.16. The summed E-state index contributed by atoms with van der Waals surface area (Å²) >= 11 is 0. The van der Waals surface area contributed by atoms with Crippen LogP contribution in [-0.2, 0) is 12.8 Å². The average Bonchev–Trinajstić information content (AvgIpc) is 2.70. The van der Waals surface area contributed by atoms with Crippen molar-refractivity contribution in [2.75, 3.05) is 0 Å². The van der Waals surface area contributed by atoms with Crippen LogP contribution >= 0.6 is 0 Å². The highest BCUT2D eigenvalue weighted by molar-refractivity contribution is 5.34. The summed E-state index contributed by atoms with van der Waals surface area (Å²) < 4.78 is 0. The molecule has 16 heavy (non-hydrogen) atoms. The maximum atomic E-state index is 2.33. The molecule has 0 radical (unpaired) electrons. The Morgan fingerprint density at radius 1 is 0.812 bits per heavy atom. The van der Waals surface area contributed by atoms with E-state index in [4.69, 9.17) is 0 Å². The van der Waals surface area contributed by atoms with Gasteiger partial charge in [-0.1, -0.05) is 57.4 Å². The van der Waals surface area contributed by atoms with Crippen molar-refractivity contribution in [3.63, 3.8) is 0 Å². The Balaban J connectivity index is 0.000000457. The van der Waals surface area contributed by atoms with Gasteiger partial charge in [-0.25, -0.2) is 0 Å². The van der Waals surface area contributed by atoms with Gasteiger partial charge in [0.05, 0.1) is 0 Å². The van der Waals surface area contributed by atoms with Crippen LogP contribution in [0.1, 0.15) is 57.1 Å². The van der Waals surface area contributed by atoms with Gasteiger partial charge in [0.1, 0.15) is 0 Å². The lowest BCUT2D eigenvalue weighted by molar-refractivity contribution is 0.203. The lowest BCUT2D eigenvalue weighted by Crippen LogP contribution is -2.24. The number of fused-ring (bicyclic) bond motifs is 1. The first kappa shape index (κ1) is 11.7. The smallest absolute Gasteiger partial charge is 0.0216 e. The van der Waals surface area contributed by atoms with E-state index in [2.05, 4.69) is 24.3 Å². The molecule has 0 atom stereocenters. The Bertz CT molecular complexity index is 305. The van der Waals surface area contributed by atoms with Gasteiger partial charge in [-0.05, 0) is 42.2 Å². The molecule has 1 spiro atoms. The lowest BCUT2D eigenvalue weighted by Gasteiger charge is -2.33. The van der Waals surface area contributed by atoms with Gasteiger partial charge in [0.15, 0.2) is 0 Å². The summed E-state index contributed by atoms with van der Waals surface area (Å²) in [6.07, 6.45) is 10.1. The molecule has 0 amide bonds. The normalized spacial score (nSPS) is 21.1. The first-order valence-electron chi connectivity index (χ1n) is 6.95. The molecule has 88 valence electrons. The molecule has 3 rings (SSSR count). The Morgan fingerprint density at radius 2 is 1.31 bits per heavy atom. The Morgan fingerprint density at radius 3 is 1.81 bits per heavy atom. The van der Waals surface area contributed by atoms with Gasteiger partial charge in [0, 0.05) is 0 Å². The van der Waals surface area contributed by atoms with Crippen LogP contribution < -0.4 is 0 Å². The quantitative estimate of drug-likeness (QED) is 0.586. The molecule has 0 heteroatoms. The van der Waals surface area contributed by atoms with E-state index in [-0.39, 0.29) is 0 Å². The summed E-state index contributed by atoms with van der Waals surface area (Å²) in [5, 5.41) is 0. The van der Waals surface area contributed by atoms with Gasteiger partial charge in [0.25, 0.3) is 0 Å². The van der Waals surface area contributed by atoms with Gasteiger partial charge < -0.3 is 0 Å². The predicted molar refractivity (Wildman–Crippen MR) is 70.7 cm³/mol. The van der Waals surface area contributed by atoms with Crippen LogP contribution in [0.3, 0.4) is 0 Å². The van der Waals surface area contributed by atoms with Gasteiger partial charge in [-0.15, -0.1) is 0 Å². The van der Waals surface area contributed by atoms with Crippen LogP contribution in [-0.4, -0.2) is 0 Å². The van der Waals surface area contributed by atoms with Crippen LogP contribution in [0, 0.1) is 5.41 Å². The molecule has 0 heterocycles. The highest BCUT2D eigenvalue weighted by Crippen LogP contribution is 2.46. The van der Waals surface area contributed by atoms with Crippen LogP contribution in [0.4, 0.5) is 0 Å². The van der Waals surface area contributed by atoms with Crippen molar-refractivity contribution < 1.29 is 0 Å². The number of hydrogen-bond donors (Lipinski definition) is 0. The van der Waals surface area contributed by atoms with Crippen molar-refractivity contribution in [2.45, 2.75) is 58.8 Å². The Hall–Kier alpha value is -0.780. The summed E-state index contributed by atoms with van der Waals surface area (Å²) in [4.78, 5) is 0. The van der Waals surface area contributed by atoms with Crippen molar-refractivity contribution in [2.24, 2.45) is 5.41 Å². The summed E-state index contributed by atoms with van der Waals surface area (Å²) in [6, 6.07) is 9.05. The summed E-state index contributed by atoms with van der Waals surface area (Å²) in [6.45, 7) is 4.00. The second-order valence-electron chi connectivity index (χ2n) is 5.18. The first-order chi connectivity index (χ1) is 7.88. The standard InChI is InChI=1S/C14H18.C2H6/c1-4-8-14(9-5-1)10-12-6-2-3-7-13(12)11-14;1-2/h2-3,6-7H,1,4-5,8-11H2;1-2H3. The number of rotatable bonds is 0. The van der Waals surface area contributed by atoms with Gasteiger partial charge in [-0.2, -0.15) is 0 Å². The molecule has 2 aliphatic rings. The van der Waals surface area contributed by atoms with E-state index in [1.165, 1.54) is 44.9 Å². The molecular weight excluding hydrogens is 192 g/mol. The minimum atomic E-state index is 0.682. The highest BCUT2D eigenvalue weighted by atomic mass is 14.4. The Labute approximate surface area is 100 Å². The van der Waals surface area contributed by atoms with E-state index in [1.54, 1.807) is 11.1 Å². The molecule has 0 nitrogen and oxygen atoms in total. The van der Waals surface area contributed by atoms with E-state index in [9.17, 15) is 0 Å². The topological polar surface area (TPSA) is 0 Å². The molecule has 0 aromatic heterocycles. The minimum absolute atomic E-state index is 0.682. The van der Waals surface area contributed by atoms with Crippen molar-refractivity contribution in [3.05, 3.63) is 35.4 Å². The zero-order valence-corrected chi connectivity index (χ0v) is 10.8. The molecule has 0 aliphatic heterocycles. The second-order valence-corrected chi connectivity index (χ2v) is 5.18. The number of hydrogen-bond acceptors (Lipinski definition) is 0. The molecule has 2 aliphatic carbocycles. The zero-order valence-electron chi connectivity index (χ0n) is 10.8.